The molecule has 0 aromatic rings. The van der Waals surface area contributed by atoms with Gasteiger partial charge in [-0.05, 0) is 11.9 Å². The Morgan fingerprint density at radius 3 is 3.10 bits per heavy atom. The van der Waals surface area contributed by atoms with E-state index < -0.39 is 0 Å². The molecule has 54 valence electrons. The molecule has 1 rings (SSSR count). The van der Waals surface area contributed by atoms with Crippen LogP contribution in [-0.2, 0) is 0 Å². The highest BCUT2D eigenvalue weighted by Crippen LogP contribution is 2.18. The predicted molar refractivity (Wildman–Crippen MR) is 46.2 cm³/mol. The van der Waals surface area contributed by atoms with E-state index >= 15 is 0 Å². The third-order valence-electron chi connectivity index (χ3n) is 1.37. The van der Waals surface area contributed by atoms with Crippen molar-refractivity contribution in [2.75, 3.05) is 12.3 Å². The molecule has 0 spiro atoms. The van der Waals surface area contributed by atoms with E-state index in [-0.39, 0.29) is 0 Å². The van der Waals surface area contributed by atoms with E-state index in [0.717, 1.165) is 23.5 Å². The van der Waals surface area contributed by atoms with E-state index in [4.69, 9.17) is 5.73 Å². The van der Waals surface area contributed by atoms with Gasteiger partial charge in [-0.3, -0.25) is 0 Å². The van der Waals surface area contributed by atoms with E-state index in [0.29, 0.717) is 6.54 Å². The lowest BCUT2D eigenvalue weighted by molar-refractivity contribution is 1.19. The number of nitrogens with two attached hydrogens (primary N) is 1. The molecule has 0 aliphatic carbocycles. The van der Waals surface area contributed by atoms with Crippen LogP contribution in [0.1, 0.15) is 6.42 Å². The average Bonchev–Trinajstić information content (AvgIpc) is 2.43. The molecule has 0 radical (unpaired) electrons. The monoisotopic (exact) mass is 154 g/mol. The molecule has 0 bridgehead atoms. The summed E-state index contributed by atoms with van der Waals surface area (Å²) in [5, 5.41) is 0. The summed E-state index contributed by atoms with van der Waals surface area (Å²) >= 11 is 1.59. The zero-order valence-electron chi connectivity index (χ0n) is 5.76. The molecular weight excluding hydrogens is 144 g/mol. The fraction of sp³-hybridized carbons (Fsp3) is 0.429. The zero-order chi connectivity index (χ0) is 7.40. The highest BCUT2D eigenvalue weighted by atomic mass is 32.2. The van der Waals surface area contributed by atoms with Crippen LogP contribution in [0.3, 0.4) is 0 Å². The van der Waals surface area contributed by atoms with Crippen LogP contribution in [0.4, 0.5) is 0 Å². The highest BCUT2D eigenvalue weighted by Gasteiger charge is 2.09. The molecular formula is C7H10N2S. The number of rotatable bonds is 2. The van der Waals surface area contributed by atoms with Gasteiger partial charge in [0, 0.05) is 24.3 Å². The van der Waals surface area contributed by atoms with Crippen molar-refractivity contribution in [3.63, 3.8) is 0 Å². The van der Waals surface area contributed by atoms with Gasteiger partial charge in [-0.1, -0.05) is 6.58 Å². The van der Waals surface area contributed by atoms with Crippen molar-refractivity contribution in [1.29, 1.82) is 0 Å². The molecule has 0 saturated heterocycles. The highest BCUT2D eigenvalue weighted by molar-refractivity contribution is 7.98. The molecule has 0 aromatic heterocycles. The predicted octanol–water partition coefficient (Wildman–Crippen LogP) is 1.15. The van der Waals surface area contributed by atoms with Gasteiger partial charge >= 0.3 is 0 Å². The minimum atomic E-state index is 0.503. The molecule has 0 amide bonds. The largest absolute Gasteiger partial charge is 0.326 e. The molecule has 2 N–H and O–H groups in total. The standard InChI is InChI=1S/C7H10N2S/c1-2-6(5-8)7-3-4-10-9-7/h1,3-5,8H2. The summed E-state index contributed by atoms with van der Waals surface area (Å²) in [6.45, 7) is 4.05. The maximum atomic E-state index is 5.43. The quantitative estimate of drug-likeness (QED) is 0.478. The first-order chi connectivity index (χ1) is 4.88. The lowest BCUT2D eigenvalue weighted by atomic mass is 10.1. The third-order valence-corrected chi connectivity index (χ3v) is 2.11. The SMILES string of the molecule is C=C=C(CN)C1=NSCC1. The third kappa shape index (κ3) is 1.51. The second-order valence-electron chi connectivity index (χ2n) is 1.98. The fourth-order valence-corrected chi connectivity index (χ4v) is 1.54. The summed E-state index contributed by atoms with van der Waals surface area (Å²) in [6.07, 6.45) is 1.01. The number of hydrogen-bond donors (Lipinski definition) is 1. The van der Waals surface area contributed by atoms with Crippen molar-refractivity contribution in [2.24, 2.45) is 10.1 Å². The molecule has 1 aliphatic rings. The molecule has 2 nitrogen and oxygen atoms in total. The summed E-state index contributed by atoms with van der Waals surface area (Å²) in [4.78, 5) is 0. The molecule has 0 atom stereocenters. The normalized spacial score (nSPS) is 16.3. The fourth-order valence-electron chi connectivity index (χ4n) is 0.810. The van der Waals surface area contributed by atoms with E-state index in [1.807, 2.05) is 0 Å². The summed E-state index contributed by atoms with van der Waals surface area (Å²) < 4.78 is 4.19. The Labute approximate surface area is 65.0 Å². The topological polar surface area (TPSA) is 38.4 Å². The molecule has 1 aliphatic heterocycles. The maximum absolute atomic E-state index is 5.43. The van der Waals surface area contributed by atoms with Crippen molar-refractivity contribution in [2.45, 2.75) is 6.42 Å². The van der Waals surface area contributed by atoms with Gasteiger partial charge in [0.1, 0.15) is 0 Å². The van der Waals surface area contributed by atoms with Crippen molar-refractivity contribution in [3.8, 4) is 0 Å². The van der Waals surface area contributed by atoms with Crippen LogP contribution in [0.25, 0.3) is 0 Å². The van der Waals surface area contributed by atoms with E-state index in [2.05, 4.69) is 16.7 Å². The van der Waals surface area contributed by atoms with E-state index in [1.165, 1.54) is 0 Å². The van der Waals surface area contributed by atoms with Gasteiger partial charge in [0.2, 0.25) is 0 Å². The molecule has 10 heavy (non-hydrogen) atoms. The molecule has 0 unspecified atom stereocenters. The zero-order valence-corrected chi connectivity index (χ0v) is 6.58. The van der Waals surface area contributed by atoms with Gasteiger partial charge in [0.15, 0.2) is 0 Å². The Morgan fingerprint density at radius 1 is 1.90 bits per heavy atom. The Kier molecular flexibility index (Phi) is 2.75. The lowest BCUT2D eigenvalue weighted by Crippen LogP contribution is -2.10. The van der Waals surface area contributed by atoms with Crippen molar-refractivity contribution >= 4 is 17.7 Å². The smallest absolute Gasteiger partial charge is 0.0617 e. The van der Waals surface area contributed by atoms with Gasteiger partial charge in [-0.25, -0.2) is 4.40 Å². The van der Waals surface area contributed by atoms with Crippen LogP contribution in [-0.4, -0.2) is 18.0 Å². The summed E-state index contributed by atoms with van der Waals surface area (Å²) in [5.41, 5.74) is 10.3. The maximum Gasteiger partial charge on any atom is 0.0617 e. The van der Waals surface area contributed by atoms with Gasteiger partial charge in [0.05, 0.1) is 5.71 Å². The van der Waals surface area contributed by atoms with Gasteiger partial charge in [-0.2, -0.15) is 0 Å². The van der Waals surface area contributed by atoms with Crippen molar-refractivity contribution in [3.05, 3.63) is 17.9 Å². The first kappa shape index (κ1) is 7.61. The Hall–Kier alpha value is -0.500. The minimum absolute atomic E-state index is 0.503. The Balaban J connectivity index is 2.71. The van der Waals surface area contributed by atoms with Crippen LogP contribution in [0.15, 0.2) is 22.3 Å². The number of nitrogens with zero attached hydrogens (tertiary/aromatic N) is 1. The van der Waals surface area contributed by atoms with Crippen molar-refractivity contribution < 1.29 is 0 Å². The first-order valence-corrected chi connectivity index (χ1v) is 4.11. The second kappa shape index (κ2) is 3.62. The molecule has 1 heterocycles. The average molecular weight is 154 g/mol. The lowest BCUT2D eigenvalue weighted by Gasteiger charge is -1.96. The summed E-state index contributed by atoms with van der Waals surface area (Å²) in [5.74, 6) is 1.07. The van der Waals surface area contributed by atoms with Gasteiger partial charge in [-0.15, -0.1) is 5.73 Å². The summed E-state index contributed by atoms with van der Waals surface area (Å²) in [7, 11) is 0. The van der Waals surface area contributed by atoms with Crippen LogP contribution >= 0.6 is 11.9 Å². The summed E-state index contributed by atoms with van der Waals surface area (Å²) in [6, 6.07) is 0. The van der Waals surface area contributed by atoms with Crippen LogP contribution in [0, 0.1) is 0 Å². The Morgan fingerprint density at radius 2 is 2.70 bits per heavy atom. The minimum Gasteiger partial charge on any atom is -0.326 e. The second-order valence-corrected chi connectivity index (χ2v) is 2.83. The van der Waals surface area contributed by atoms with Crippen LogP contribution < -0.4 is 5.73 Å². The molecule has 0 fully saturated rings. The van der Waals surface area contributed by atoms with Gasteiger partial charge < -0.3 is 5.73 Å². The van der Waals surface area contributed by atoms with Crippen LogP contribution in [0.5, 0.6) is 0 Å². The van der Waals surface area contributed by atoms with Gasteiger partial charge in [0.25, 0.3) is 0 Å². The first-order valence-electron chi connectivity index (χ1n) is 3.16. The Bertz CT molecular complexity index is 202. The number of hydrogen-bond acceptors (Lipinski definition) is 3. The van der Waals surface area contributed by atoms with Crippen molar-refractivity contribution in [1.82, 2.24) is 0 Å². The molecule has 0 saturated carbocycles. The molecule has 3 heteroatoms. The van der Waals surface area contributed by atoms with Crippen LogP contribution in [0.2, 0.25) is 0 Å². The van der Waals surface area contributed by atoms with E-state index in [1.54, 1.807) is 11.9 Å². The molecule has 0 aromatic carbocycles. The van der Waals surface area contributed by atoms with E-state index in [9.17, 15) is 0 Å².